The molecule has 1 saturated heterocycles. The largest absolute Gasteiger partial charge is 0.474 e. The second-order valence-corrected chi connectivity index (χ2v) is 7.23. The lowest BCUT2D eigenvalue weighted by Crippen LogP contribution is -2.41. The van der Waals surface area contributed by atoms with Gasteiger partial charge in [-0.3, -0.25) is 9.89 Å². The Balaban J connectivity index is 1.38. The van der Waals surface area contributed by atoms with Gasteiger partial charge in [-0.1, -0.05) is 6.07 Å². The lowest BCUT2D eigenvalue weighted by molar-refractivity contribution is 0.0588. The molecular formula is C19H20N4O2S. The van der Waals surface area contributed by atoms with Gasteiger partial charge in [0.25, 0.3) is 5.91 Å². The fourth-order valence-electron chi connectivity index (χ4n) is 3.12. The van der Waals surface area contributed by atoms with Crippen LogP contribution in [0.15, 0.2) is 41.4 Å². The molecule has 1 aliphatic rings. The number of thiophene rings is 1. The van der Waals surface area contributed by atoms with Gasteiger partial charge in [0, 0.05) is 49.1 Å². The Morgan fingerprint density at radius 3 is 2.81 bits per heavy atom. The van der Waals surface area contributed by atoms with Gasteiger partial charge in [0.2, 0.25) is 5.88 Å². The summed E-state index contributed by atoms with van der Waals surface area (Å²) in [4.78, 5) is 19.1. The van der Waals surface area contributed by atoms with Gasteiger partial charge in [-0.05, 0) is 23.9 Å². The highest BCUT2D eigenvalue weighted by atomic mass is 32.1. The van der Waals surface area contributed by atoms with Crippen molar-refractivity contribution in [1.29, 1.82) is 0 Å². The van der Waals surface area contributed by atoms with Crippen LogP contribution in [0, 0.1) is 6.92 Å². The number of carbonyl (C=O) groups excluding carboxylic acids is 1. The van der Waals surface area contributed by atoms with Crippen LogP contribution in [0.25, 0.3) is 11.3 Å². The number of aromatic nitrogens is 3. The average Bonchev–Trinajstić information content (AvgIpc) is 3.35. The predicted octanol–water partition coefficient (Wildman–Crippen LogP) is 3.53. The number of hydrogen-bond donors (Lipinski definition) is 1. The van der Waals surface area contributed by atoms with Crippen molar-refractivity contribution in [2.24, 2.45) is 0 Å². The third-order valence-electron chi connectivity index (χ3n) is 4.58. The first-order valence-corrected chi connectivity index (χ1v) is 9.59. The van der Waals surface area contributed by atoms with E-state index < -0.39 is 0 Å². The van der Waals surface area contributed by atoms with Gasteiger partial charge >= 0.3 is 0 Å². The van der Waals surface area contributed by atoms with Gasteiger partial charge in [-0.15, -0.1) is 0 Å². The first kappa shape index (κ1) is 16.8. The molecule has 1 amide bonds. The molecule has 1 aliphatic heterocycles. The van der Waals surface area contributed by atoms with E-state index in [0.717, 1.165) is 29.7 Å². The highest BCUT2D eigenvalue weighted by Gasteiger charge is 2.27. The number of nitrogens with zero attached hydrogens (tertiary/aromatic N) is 3. The summed E-state index contributed by atoms with van der Waals surface area (Å²) in [6.45, 7) is 3.34. The number of H-pyrrole nitrogens is 1. The topological polar surface area (TPSA) is 71.1 Å². The lowest BCUT2D eigenvalue weighted by Gasteiger charge is -2.31. The molecule has 1 N–H and O–H groups in total. The van der Waals surface area contributed by atoms with E-state index in [4.69, 9.17) is 4.74 Å². The van der Waals surface area contributed by atoms with Crippen LogP contribution in [-0.2, 0) is 0 Å². The van der Waals surface area contributed by atoms with Crippen molar-refractivity contribution >= 4 is 17.2 Å². The van der Waals surface area contributed by atoms with Crippen molar-refractivity contribution in [2.45, 2.75) is 25.9 Å². The van der Waals surface area contributed by atoms with Gasteiger partial charge in [-0.2, -0.15) is 16.4 Å². The molecule has 3 aromatic rings. The summed E-state index contributed by atoms with van der Waals surface area (Å²) in [5.41, 5.74) is 3.53. The molecule has 0 radical (unpaired) electrons. The third kappa shape index (κ3) is 3.48. The molecule has 0 spiro atoms. The molecule has 0 aliphatic carbocycles. The van der Waals surface area contributed by atoms with E-state index in [1.54, 1.807) is 23.7 Å². The quantitative estimate of drug-likeness (QED) is 0.765. The molecule has 7 heteroatoms. The molecule has 0 atom stereocenters. The van der Waals surface area contributed by atoms with Gasteiger partial charge in [0.1, 0.15) is 6.10 Å². The molecule has 0 saturated carbocycles. The minimum absolute atomic E-state index is 0.0202. The number of nitrogens with one attached hydrogen (secondary N) is 1. The van der Waals surface area contributed by atoms with E-state index in [1.165, 1.54) is 0 Å². The fraction of sp³-hybridized carbons (Fsp3) is 0.316. The van der Waals surface area contributed by atoms with Crippen LogP contribution >= 0.6 is 11.3 Å². The molecule has 0 bridgehead atoms. The fourth-order valence-corrected chi connectivity index (χ4v) is 3.76. The van der Waals surface area contributed by atoms with Crippen molar-refractivity contribution in [2.75, 3.05) is 13.1 Å². The van der Waals surface area contributed by atoms with Crippen molar-refractivity contribution in [3.05, 3.63) is 52.5 Å². The van der Waals surface area contributed by atoms with Crippen LogP contribution in [0.5, 0.6) is 5.88 Å². The number of carbonyl (C=O) groups is 1. The maximum absolute atomic E-state index is 12.9. The Bertz CT molecular complexity index is 865. The zero-order valence-corrected chi connectivity index (χ0v) is 15.3. The number of ether oxygens (including phenoxy) is 1. The smallest absolute Gasteiger partial charge is 0.257 e. The minimum atomic E-state index is 0.0202. The summed E-state index contributed by atoms with van der Waals surface area (Å²) < 4.78 is 5.95. The number of hydrogen-bond acceptors (Lipinski definition) is 5. The van der Waals surface area contributed by atoms with E-state index in [9.17, 15) is 4.79 Å². The average molecular weight is 368 g/mol. The first-order chi connectivity index (χ1) is 12.7. The van der Waals surface area contributed by atoms with E-state index in [1.807, 2.05) is 40.8 Å². The maximum Gasteiger partial charge on any atom is 0.257 e. The molecular weight excluding hydrogens is 348 g/mol. The molecule has 0 unspecified atom stereocenters. The Labute approximate surface area is 155 Å². The van der Waals surface area contributed by atoms with E-state index >= 15 is 0 Å². The Kier molecular flexibility index (Phi) is 4.71. The van der Waals surface area contributed by atoms with E-state index in [-0.39, 0.29) is 12.0 Å². The van der Waals surface area contributed by atoms with Crippen LogP contribution < -0.4 is 4.74 Å². The molecule has 26 heavy (non-hydrogen) atoms. The van der Waals surface area contributed by atoms with Crippen LogP contribution in [0.1, 0.15) is 28.8 Å². The molecule has 4 heterocycles. The second kappa shape index (κ2) is 7.29. The molecule has 0 aromatic carbocycles. The summed E-state index contributed by atoms with van der Waals surface area (Å²) in [6.07, 6.45) is 5.11. The molecule has 1 fully saturated rings. The predicted molar refractivity (Wildman–Crippen MR) is 100 cm³/mol. The highest BCUT2D eigenvalue weighted by molar-refractivity contribution is 7.08. The zero-order valence-electron chi connectivity index (χ0n) is 14.5. The van der Waals surface area contributed by atoms with Crippen LogP contribution in [0.3, 0.4) is 0 Å². The minimum Gasteiger partial charge on any atom is -0.474 e. The summed E-state index contributed by atoms with van der Waals surface area (Å²) >= 11 is 1.60. The molecule has 6 nitrogen and oxygen atoms in total. The first-order valence-electron chi connectivity index (χ1n) is 8.65. The van der Waals surface area contributed by atoms with Crippen LogP contribution in [-0.4, -0.2) is 45.2 Å². The van der Waals surface area contributed by atoms with Crippen molar-refractivity contribution < 1.29 is 9.53 Å². The van der Waals surface area contributed by atoms with Crippen LogP contribution in [0.4, 0.5) is 0 Å². The van der Waals surface area contributed by atoms with Crippen LogP contribution in [0.2, 0.25) is 0 Å². The van der Waals surface area contributed by atoms with E-state index in [2.05, 4.69) is 15.2 Å². The number of aromatic amines is 1. The van der Waals surface area contributed by atoms with Gasteiger partial charge in [0.05, 0.1) is 17.5 Å². The van der Waals surface area contributed by atoms with Crippen molar-refractivity contribution in [3.8, 4) is 17.1 Å². The van der Waals surface area contributed by atoms with Gasteiger partial charge < -0.3 is 9.64 Å². The Hall–Kier alpha value is -2.67. The number of likely N-dealkylation sites (tertiary alicyclic amines) is 1. The normalized spacial score (nSPS) is 15.2. The molecule has 3 aromatic heterocycles. The van der Waals surface area contributed by atoms with Gasteiger partial charge in [0.15, 0.2) is 0 Å². The summed E-state index contributed by atoms with van der Waals surface area (Å²) in [6, 6.07) is 5.88. The summed E-state index contributed by atoms with van der Waals surface area (Å²) in [5, 5.41) is 11.0. The number of aryl methyl sites for hydroxylation is 1. The molecule has 4 rings (SSSR count). The number of amides is 1. The van der Waals surface area contributed by atoms with Crippen molar-refractivity contribution in [1.82, 2.24) is 20.1 Å². The number of rotatable bonds is 4. The Morgan fingerprint density at radius 2 is 2.12 bits per heavy atom. The summed E-state index contributed by atoms with van der Waals surface area (Å²) in [5.74, 6) is 0.668. The SMILES string of the molecule is Cc1ccc(OC2CCN(C(=O)c3cn[nH]c3-c3ccsc3)CC2)nc1. The zero-order chi connectivity index (χ0) is 17.9. The highest BCUT2D eigenvalue weighted by Crippen LogP contribution is 2.26. The van der Waals surface area contributed by atoms with E-state index in [0.29, 0.717) is 24.5 Å². The lowest BCUT2D eigenvalue weighted by atomic mass is 10.1. The summed E-state index contributed by atoms with van der Waals surface area (Å²) in [7, 11) is 0. The standard InChI is InChI=1S/C19H20N4O2S/c1-13-2-3-17(20-10-13)25-15-4-7-23(8-5-15)19(24)16-11-21-22-18(16)14-6-9-26-12-14/h2-3,6,9-12,15H,4-5,7-8H2,1H3,(H,21,22). The van der Waals surface area contributed by atoms with Crippen molar-refractivity contribution in [3.63, 3.8) is 0 Å². The number of piperidine rings is 1. The van der Waals surface area contributed by atoms with Gasteiger partial charge in [-0.25, -0.2) is 4.98 Å². The number of pyridine rings is 1. The monoisotopic (exact) mass is 368 g/mol. The maximum atomic E-state index is 12.9. The second-order valence-electron chi connectivity index (χ2n) is 6.45. The third-order valence-corrected chi connectivity index (χ3v) is 5.26. The molecule has 134 valence electrons. The Morgan fingerprint density at radius 1 is 1.27 bits per heavy atom.